The van der Waals surface area contributed by atoms with Gasteiger partial charge in [-0.05, 0) is 19.3 Å². The van der Waals surface area contributed by atoms with E-state index in [9.17, 15) is 14.4 Å². The number of esters is 3. The molecule has 0 aromatic heterocycles. The van der Waals surface area contributed by atoms with E-state index in [2.05, 4.69) is 72.5 Å². The summed E-state index contributed by atoms with van der Waals surface area (Å²) in [6, 6.07) is 0. The van der Waals surface area contributed by atoms with Crippen LogP contribution in [-0.4, -0.2) is 78.9 Å². The van der Waals surface area contributed by atoms with Crippen LogP contribution in [0.5, 0.6) is 0 Å². The number of thiol groups is 3. The van der Waals surface area contributed by atoms with E-state index < -0.39 is 0 Å². The fourth-order valence-corrected chi connectivity index (χ4v) is 5.74. The zero-order valence-electron chi connectivity index (χ0n) is 37.7. The van der Waals surface area contributed by atoms with Crippen molar-refractivity contribution in [1.29, 1.82) is 0 Å². The van der Waals surface area contributed by atoms with Crippen LogP contribution < -0.4 is 0 Å². The summed E-state index contributed by atoms with van der Waals surface area (Å²) in [5, 5.41) is 0. The molecule has 0 atom stereocenters. The van der Waals surface area contributed by atoms with Crippen LogP contribution in [0, 0.1) is 0 Å². The minimum absolute atomic E-state index is 0. The summed E-state index contributed by atoms with van der Waals surface area (Å²) in [5.41, 5.74) is 0. The molecule has 10 heteroatoms. The van der Waals surface area contributed by atoms with Crippen molar-refractivity contribution in [3.05, 3.63) is 0 Å². The maximum Gasteiger partial charge on any atom is 0.315 e. The number of hydrogen-bond acceptors (Lipinski definition) is 9. The maximum absolute atomic E-state index is 10.8. The van der Waals surface area contributed by atoms with E-state index in [0.717, 1.165) is 19.3 Å². The van der Waals surface area contributed by atoms with E-state index in [1.54, 1.807) is 0 Å². The quantitative estimate of drug-likeness (QED) is 0.0189. The van der Waals surface area contributed by atoms with Gasteiger partial charge in [-0.15, -0.1) is 0 Å². The van der Waals surface area contributed by atoms with Gasteiger partial charge in [-0.25, -0.2) is 0 Å². The molecule has 0 aliphatic heterocycles. The molecule has 4 radical (unpaired) electrons. The predicted octanol–water partition coefficient (Wildman–Crippen LogP) is 14.6. The molecule has 0 N–H and O–H groups in total. The summed E-state index contributed by atoms with van der Waals surface area (Å²) < 4.78 is 14.8. The molecule has 0 aromatic rings. The van der Waals surface area contributed by atoms with E-state index in [0.29, 0.717) is 19.8 Å². The molecular weight excluding hydrogens is 863 g/mol. The number of unbranched alkanes of at least 4 members (excludes halogenated alkanes) is 28. The summed E-state index contributed by atoms with van der Waals surface area (Å²) >= 11 is 11.5. The first-order chi connectivity index (χ1) is 26.8. The zero-order valence-corrected chi connectivity index (χ0v) is 43.2. The molecule has 0 saturated carbocycles. The number of rotatable bonds is 37. The Balaban J connectivity index is -0.000000219. The van der Waals surface area contributed by atoms with Crippen LogP contribution in [0.1, 0.15) is 240 Å². The van der Waals surface area contributed by atoms with Gasteiger partial charge >= 0.3 is 17.9 Å². The monoisotopic (exact) mass is 959 g/mol. The van der Waals surface area contributed by atoms with Gasteiger partial charge in [0.25, 0.3) is 0 Å². The molecule has 0 heterocycles. The van der Waals surface area contributed by atoms with Crippen molar-refractivity contribution in [2.24, 2.45) is 0 Å². The minimum Gasteiger partial charge on any atom is -0.465 e. The molecule has 0 aliphatic carbocycles. The molecule has 0 unspecified atom stereocenters. The van der Waals surface area contributed by atoms with Gasteiger partial charge in [0.05, 0.1) is 37.1 Å². The molecular formula is C46H94O6S3Sn. The van der Waals surface area contributed by atoms with E-state index in [-0.39, 0.29) is 59.1 Å². The van der Waals surface area contributed by atoms with E-state index in [1.807, 2.05) is 0 Å². The Kier molecular flexibility index (Phi) is 75.2. The Morgan fingerprint density at radius 1 is 0.286 bits per heavy atom. The second-order valence-corrected chi connectivity index (χ2v) is 15.6. The van der Waals surface area contributed by atoms with Crippen molar-refractivity contribution in [3.63, 3.8) is 0 Å². The molecule has 0 saturated heterocycles. The van der Waals surface area contributed by atoms with Crippen LogP contribution in [0.3, 0.4) is 0 Å². The second kappa shape index (κ2) is 64.4. The van der Waals surface area contributed by atoms with Crippen LogP contribution in [-0.2, 0) is 28.6 Å². The fourth-order valence-electron chi connectivity index (χ4n) is 5.46. The smallest absolute Gasteiger partial charge is 0.315 e. The molecule has 0 rings (SSSR count). The standard InChI is InChI=1S/3C14H28O2S.C4H10.Sn/c3*1-2-3-4-5-6-7-8-9-10-11-12-16-14(15)13-17;1-3-4-2;/h3*17H,2-13H2,1H3;3-4H2,1-2H3;. The van der Waals surface area contributed by atoms with Gasteiger partial charge in [-0.2, -0.15) is 37.9 Å². The molecule has 6 nitrogen and oxygen atoms in total. The molecule has 0 amide bonds. The largest absolute Gasteiger partial charge is 0.465 e. The van der Waals surface area contributed by atoms with Crippen molar-refractivity contribution >= 4 is 79.7 Å². The van der Waals surface area contributed by atoms with Crippen molar-refractivity contribution in [1.82, 2.24) is 0 Å². The van der Waals surface area contributed by atoms with Crippen LogP contribution in [0.2, 0.25) is 0 Å². The van der Waals surface area contributed by atoms with E-state index >= 15 is 0 Å². The van der Waals surface area contributed by atoms with Gasteiger partial charge in [0.15, 0.2) is 0 Å². The number of hydrogen-bond donors (Lipinski definition) is 3. The Morgan fingerprint density at radius 3 is 0.589 bits per heavy atom. The molecule has 336 valence electrons. The Labute approximate surface area is 383 Å². The van der Waals surface area contributed by atoms with Crippen LogP contribution in [0.15, 0.2) is 0 Å². The van der Waals surface area contributed by atoms with Gasteiger partial charge in [-0.1, -0.05) is 221 Å². The first-order valence-electron chi connectivity index (χ1n) is 23.1. The van der Waals surface area contributed by atoms with Gasteiger partial charge < -0.3 is 14.2 Å². The predicted molar refractivity (Wildman–Crippen MR) is 256 cm³/mol. The fraction of sp³-hybridized carbons (Fsp3) is 0.935. The van der Waals surface area contributed by atoms with Crippen LogP contribution in [0.4, 0.5) is 0 Å². The summed E-state index contributed by atoms with van der Waals surface area (Å²) in [4.78, 5) is 32.3. The van der Waals surface area contributed by atoms with Gasteiger partial charge in [-0.3, -0.25) is 14.4 Å². The normalized spacial score (nSPS) is 10.1. The van der Waals surface area contributed by atoms with Crippen molar-refractivity contribution in [3.8, 4) is 0 Å². The topological polar surface area (TPSA) is 78.9 Å². The van der Waals surface area contributed by atoms with Gasteiger partial charge in [0, 0.05) is 23.9 Å². The number of ether oxygens (including phenoxy) is 3. The average Bonchev–Trinajstić information content (AvgIpc) is 3.21. The number of carbonyl (C=O) groups excluding carboxylic acids is 3. The average molecular weight is 958 g/mol. The first kappa shape index (κ1) is 65.4. The minimum atomic E-state index is -0.204. The van der Waals surface area contributed by atoms with Crippen molar-refractivity contribution < 1.29 is 28.6 Å². The summed E-state index contributed by atoms with van der Waals surface area (Å²) in [6.45, 7) is 12.8. The van der Waals surface area contributed by atoms with Crippen LogP contribution >= 0.6 is 37.9 Å². The molecule has 0 aliphatic rings. The molecule has 0 aromatic carbocycles. The maximum atomic E-state index is 10.8. The Bertz CT molecular complexity index is 641. The second-order valence-electron chi connectivity index (χ2n) is 14.7. The molecule has 56 heavy (non-hydrogen) atoms. The molecule has 0 spiro atoms. The van der Waals surface area contributed by atoms with E-state index in [4.69, 9.17) is 14.2 Å². The van der Waals surface area contributed by atoms with Crippen LogP contribution in [0.25, 0.3) is 0 Å². The molecule has 0 bridgehead atoms. The zero-order chi connectivity index (χ0) is 41.7. The molecule has 0 fully saturated rings. The summed E-state index contributed by atoms with van der Waals surface area (Å²) in [7, 11) is 0. The Hall–Kier alpha value is 0.259. The SMILES string of the molecule is CCCC.CCCCCCCCCCCCOC(=O)CS.CCCCCCCCCCCCOC(=O)CS.CCCCCCCCCCCCOC(=O)CS.[Sn]. The first-order valence-corrected chi connectivity index (χ1v) is 25.0. The third-order valence-corrected chi connectivity index (χ3v) is 9.94. The summed E-state index contributed by atoms with van der Waals surface area (Å²) in [5.74, 6) is -0.0365. The van der Waals surface area contributed by atoms with Crippen molar-refractivity contribution in [2.75, 3.05) is 37.1 Å². The third-order valence-electron chi connectivity index (χ3n) is 9.17. The van der Waals surface area contributed by atoms with E-state index in [1.165, 1.54) is 186 Å². The van der Waals surface area contributed by atoms with Crippen molar-refractivity contribution in [2.45, 2.75) is 240 Å². The Morgan fingerprint density at radius 2 is 0.446 bits per heavy atom. The third kappa shape index (κ3) is 71.9. The number of carbonyl (C=O) groups is 3. The van der Waals surface area contributed by atoms with Gasteiger partial charge in [0.1, 0.15) is 0 Å². The summed E-state index contributed by atoms with van der Waals surface area (Å²) in [6.07, 6.45) is 41.7. The van der Waals surface area contributed by atoms with Gasteiger partial charge in [0.2, 0.25) is 0 Å².